The fourth-order valence-corrected chi connectivity index (χ4v) is 4.47. The van der Waals surface area contributed by atoms with Crippen LogP contribution in [0.1, 0.15) is 0 Å². The first-order valence-electron chi connectivity index (χ1n) is 8.71. The summed E-state index contributed by atoms with van der Waals surface area (Å²) in [4.78, 5) is 20.1. The first-order valence-corrected chi connectivity index (χ1v) is 9.52. The molecule has 0 bridgehead atoms. The molecule has 0 aliphatic carbocycles. The molecule has 0 saturated carbocycles. The molecule has 7 nitrogen and oxygen atoms in total. The van der Waals surface area contributed by atoms with Crippen molar-refractivity contribution in [1.82, 2.24) is 24.5 Å². The number of fused-ring (bicyclic) bond motifs is 2. The van der Waals surface area contributed by atoms with Gasteiger partial charge in [-0.2, -0.15) is 5.10 Å². The molecule has 27 heavy (non-hydrogen) atoms. The van der Waals surface area contributed by atoms with Crippen molar-refractivity contribution in [3.8, 4) is 11.3 Å². The van der Waals surface area contributed by atoms with Crippen LogP contribution in [0, 0.1) is 5.82 Å². The minimum atomic E-state index is -0.419. The number of aryl methyl sites for hydroxylation is 1. The van der Waals surface area contributed by atoms with Gasteiger partial charge in [-0.15, -0.1) is 0 Å². The smallest absolute Gasteiger partial charge is 0.259 e. The average Bonchev–Trinajstić information content (AvgIpc) is 3.26. The number of thiazole rings is 1. The number of piperazine rings is 1. The third kappa shape index (κ3) is 2.79. The summed E-state index contributed by atoms with van der Waals surface area (Å²) in [6.45, 7) is 3.65. The van der Waals surface area contributed by atoms with Gasteiger partial charge in [-0.25, -0.2) is 9.37 Å². The molecule has 0 radical (unpaired) electrons. The van der Waals surface area contributed by atoms with Crippen LogP contribution < -0.4 is 15.8 Å². The highest BCUT2D eigenvalue weighted by Gasteiger charge is 2.16. The number of aromatic nitrogens is 4. The van der Waals surface area contributed by atoms with E-state index in [1.54, 1.807) is 22.3 Å². The molecular weight excluding hydrogens is 367 g/mol. The summed E-state index contributed by atoms with van der Waals surface area (Å²) in [5.74, 6) is -0.419. The molecule has 1 fully saturated rings. The molecule has 0 spiro atoms. The molecule has 0 amide bonds. The Morgan fingerprint density at radius 3 is 2.81 bits per heavy atom. The molecule has 1 aliphatic rings. The van der Waals surface area contributed by atoms with E-state index in [1.165, 1.54) is 23.5 Å². The van der Waals surface area contributed by atoms with Crippen molar-refractivity contribution in [3.05, 3.63) is 46.8 Å². The number of halogens is 1. The summed E-state index contributed by atoms with van der Waals surface area (Å²) in [6.07, 6.45) is 3.59. The molecule has 1 saturated heterocycles. The monoisotopic (exact) mass is 384 g/mol. The van der Waals surface area contributed by atoms with E-state index in [1.807, 2.05) is 12.3 Å². The molecule has 4 heterocycles. The Hall–Kier alpha value is -2.78. The number of nitrogens with one attached hydrogen (secondary N) is 1. The quantitative estimate of drug-likeness (QED) is 0.571. The van der Waals surface area contributed by atoms with Crippen LogP contribution in [0.2, 0.25) is 0 Å². The molecule has 138 valence electrons. The maximum absolute atomic E-state index is 14.4. The summed E-state index contributed by atoms with van der Waals surface area (Å²) in [5, 5.41) is 9.14. The standard InChI is InChI=1S/C18H17FN6OS/c1-23-9-12-6-11(7-13(19)17(12)22-23)14-8-15(26)25-10-16(27-18(25)21-14)24-4-2-20-3-5-24/h6-10,20H,2-5H2,1H3. The SMILES string of the molecule is Cn1cc2cc(-c3cc(=O)n4cc(N5CCNCC5)sc4n3)cc(F)c2n1. The number of rotatable bonds is 2. The third-order valence-corrected chi connectivity index (χ3v) is 5.80. The number of nitrogens with zero attached hydrogens (tertiary/aromatic N) is 5. The Morgan fingerprint density at radius 2 is 2.00 bits per heavy atom. The summed E-state index contributed by atoms with van der Waals surface area (Å²) in [7, 11) is 1.75. The van der Waals surface area contributed by atoms with E-state index in [2.05, 4.69) is 20.3 Å². The first kappa shape index (κ1) is 16.4. The summed E-state index contributed by atoms with van der Waals surface area (Å²) < 4.78 is 17.5. The molecule has 3 aromatic heterocycles. The minimum absolute atomic E-state index is 0.167. The van der Waals surface area contributed by atoms with Crippen molar-refractivity contribution in [1.29, 1.82) is 0 Å². The van der Waals surface area contributed by atoms with Crippen molar-refractivity contribution in [2.24, 2.45) is 7.05 Å². The van der Waals surface area contributed by atoms with Crippen LogP contribution in [0.15, 0.2) is 35.4 Å². The Bertz CT molecular complexity index is 1220. The van der Waals surface area contributed by atoms with E-state index in [9.17, 15) is 9.18 Å². The second-order valence-electron chi connectivity index (χ2n) is 6.64. The Labute approximate surface area is 157 Å². The molecule has 4 aromatic rings. The van der Waals surface area contributed by atoms with Crippen LogP contribution in [-0.4, -0.2) is 45.3 Å². The van der Waals surface area contributed by atoms with Crippen LogP contribution in [0.4, 0.5) is 9.39 Å². The van der Waals surface area contributed by atoms with E-state index >= 15 is 0 Å². The van der Waals surface area contributed by atoms with Gasteiger partial charge in [-0.1, -0.05) is 11.3 Å². The Kier molecular flexibility index (Phi) is 3.73. The van der Waals surface area contributed by atoms with E-state index in [0.29, 0.717) is 27.1 Å². The van der Waals surface area contributed by atoms with Crippen molar-refractivity contribution < 1.29 is 4.39 Å². The molecule has 0 atom stereocenters. The fourth-order valence-electron chi connectivity index (χ4n) is 3.43. The van der Waals surface area contributed by atoms with Gasteiger partial charge in [0, 0.05) is 62.6 Å². The van der Waals surface area contributed by atoms with Gasteiger partial charge in [0.15, 0.2) is 10.8 Å². The van der Waals surface area contributed by atoms with E-state index in [4.69, 9.17) is 0 Å². The molecule has 1 aromatic carbocycles. The topological polar surface area (TPSA) is 67.5 Å². The maximum Gasteiger partial charge on any atom is 0.259 e. The van der Waals surface area contributed by atoms with Crippen LogP contribution >= 0.6 is 11.3 Å². The predicted octanol–water partition coefficient (Wildman–Crippen LogP) is 1.86. The molecule has 0 unspecified atom stereocenters. The number of benzene rings is 1. The maximum atomic E-state index is 14.4. The Balaban J connectivity index is 1.62. The lowest BCUT2D eigenvalue weighted by Crippen LogP contribution is -2.43. The van der Waals surface area contributed by atoms with E-state index < -0.39 is 5.82 Å². The summed E-state index contributed by atoms with van der Waals surface area (Å²) in [6, 6.07) is 4.66. The van der Waals surface area contributed by atoms with Crippen molar-refractivity contribution >= 4 is 32.2 Å². The van der Waals surface area contributed by atoms with Gasteiger partial charge >= 0.3 is 0 Å². The van der Waals surface area contributed by atoms with Gasteiger partial charge in [-0.3, -0.25) is 13.9 Å². The van der Waals surface area contributed by atoms with Gasteiger partial charge in [0.1, 0.15) is 10.5 Å². The molecular formula is C18H17FN6OS. The zero-order valence-corrected chi connectivity index (χ0v) is 15.5. The largest absolute Gasteiger partial charge is 0.360 e. The van der Waals surface area contributed by atoms with Gasteiger partial charge in [0.25, 0.3) is 5.56 Å². The zero-order chi connectivity index (χ0) is 18.5. The lowest BCUT2D eigenvalue weighted by atomic mass is 10.1. The van der Waals surface area contributed by atoms with Crippen LogP contribution in [0.5, 0.6) is 0 Å². The molecule has 9 heteroatoms. The molecule has 5 rings (SSSR count). The van der Waals surface area contributed by atoms with Crippen molar-refractivity contribution in [3.63, 3.8) is 0 Å². The first-order chi connectivity index (χ1) is 13.1. The van der Waals surface area contributed by atoms with Gasteiger partial charge in [0.2, 0.25) is 0 Å². The Morgan fingerprint density at radius 1 is 1.19 bits per heavy atom. The number of hydrogen-bond donors (Lipinski definition) is 1. The van der Waals surface area contributed by atoms with Gasteiger partial charge in [0.05, 0.1) is 5.69 Å². The average molecular weight is 384 g/mol. The normalized spacial score (nSPS) is 15.1. The summed E-state index contributed by atoms with van der Waals surface area (Å²) in [5.41, 5.74) is 1.19. The third-order valence-electron chi connectivity index (χ3n) is 4.76. The molecule has 1 N–H and O–H groups in total. The van der Waals surface area contributed by atoms with Gasteiger partial charge < -0.3 is 10.2 Å². The second kappa shape index (κ2) is 6.14. The van der Waals surface area contributed by atoms with Crippen LogP contribution in [0.3, 0.4) is 0 Å². The van der Waals surface area contributed by atoms with E-state index in [0.717, 1.165) is 31.2 Å². The highest BCUT2D eigenvalue weighted by Crippen LogP contribution is 2.28. The number of hydrogen-bond acceptors (Lipinski definition) is 6. The lowest BCUT2D eigenvalue weighted by Gasteiger charge is -2.27. The second-order valence-corrected chi connectivity index (χ2v) is 7.62. The highest BCUT2D eigenvalue weighted by molar-refractivity contribution is 7.20. The van der Waals surface area contributed by atoms with Crippen LogP contribution in [0.25, 0.3) is 27.1 Å². The van der Waals surface area contributed by atoms with Crippen molar-refractivity contribution in [2.45, 2.75) is 0 Å². The summed E-state index contributed by atoms with van der Waals surface area (Å²) >= 11 is 1.48. The van der Waals surface area contributed by atoms with E-state index in [-0.39, 0.29) is 5.56 Å². The molecule has 1 aliphatic heterocycles. The fraction of sp³-hybridized carbons (Fsp3) is 0.278. The highest BCUT2D eigenvalue weighted by atomic mass is 32.1. The van der Waals surface area contributed by atoms with Crippen LogP contribution in [-0.2, 0) is 7.05 Å². The van der Waals surface area contributed by atoms with Gasteiger partial charge in [-0.05, 0) is 12.1 Å². The number of anilines is 1. The zero-order valence-electron chi connectivity index (χ0n) is 14.6. The predicted molar refractivity (Wildman–Crippen MR) is 104 cm³/mol. The minimum Gasteiger partial charge on any atom is -0.360 e. The van der Waals surface area contributed by atoms with Crippen molar-refractivity contribution in [2.75, 3.05) is 31.1 Å². The lowest BCUT2D eigenvalue weighted by molar-refractivity contribution is 0.591.